The van der Waals surface area contributed by atoms with Crippen LogP contribution < -0.4 is 5.01 Å². The van der Waals surface area contributed by atoms with Gasteiger partial charge in [0.1, 0.15) is 5.00 Å². The number of hydrazone groups is 1. The predicted octanol–water partition coefficient (Wildman–Crippen LogP) is 2.60. The lowest BCUT2D eigenvalue weighted by Crippen LogP contribution is -2.09. The first kappa shape index (κ1) is 7.13. The van der Waals surface area contributed by atoms with Crippen LogP contribution in [0.15, 0.2) is 17.2 Å². The highest BCUT2D eigenvalue weighted by molar-refractivity contribution is 7.19. The molecule has 0 saturated carbocycles. The molecule has 0 unspecified atom stereocenters. The molecule has 1 aromatic heterocycles. The molecule has 0 atom stereocenters. The van der Waals surface area contributed by atoms with Gasteiger partial charge in [0, 0.05) is 19.2 Å². The number of nitrogens with zero attached hydrogens (tertiary/aromatic N) is 2. The third kappa shape index (κ3) is 1.39. The van der Waals surface area contributed by atoms with Gasteiger partial charge in [0.2, 0.25) is 0 Å². The second-order valence-corrected chi connectivity index (χ2v) is 3.98. The van der Waals surface area contributed by atoms with E-state index < -0.39 is 0 Å². The van der Waals surface area contributed by atoms with Gasteiger partial charge in [-0.15, -0.1) is 11.3 Å². The molecule has 0 fully saturated rings. The fourth-order valence-corrected chi connectivity index (χ4v) is 2.02. The number of halogens is 1. The molecule has 58 valence electrons. The van der Waals surface area contributed by atoms with Crippen molar-refractivity contribution in [3.8, 4) is 0 Å². The lowest BCUT2D eigenvalue weighted by molar-refractivity contribution is 0.934. The number of thiophene rings is 1. The summed E-state index contributed by atoms with van der Waals surface area (Å²) in [6, 6.07) is 3.89. The first-order chi connectivity index (χ1) is 5.36. The van der Waals surface area contributed by atoms with Gasteiger partial charge >= 0.3 is 0 Å². The number of hydrogen-bond acceptors (Lipinski definition) is 3. The summed E-state index contributed by atoms with van der Waals surface area (Å²) in [4.78, 5) is 0. The van der Waals surface area contributed by atoms with E-state index in [4.69, 9.17) is 11.6 Å². The van der Waals surface area contributed by atoms with Gasteiger partial charge in [-0.3, -0.25) is 5.01 Å². The highest BCUT2D eigenvalue weighted by Gasteiger charge is 2.09. The SMILES string of the molecule is Clc1ccc(N2CCC=N2)s1. The summed E-state index contributed by atoms with van der Waals surface area (Å²) in [6.45, 7) is 0.983. The van der Waals surface area contributed by atoms with E-state index >= 15 is 0 Å². The van der Waals surface area contributed by atoms with Crippen LogP contribution in [0, 0.1) is 0 Å². The zero-order valence-electron chi connectivity index (χ0n) is 5.83. The zero-order chi connectivity index (χ0) is 7.68. The van der Waals surface area contributed by atoms with Crippen LogP contribution in [0.25, 0.3) is 0 Å². The van der Waals surface area contributed by atoms with Crippen molar-refractivity contribution in [2.45, 2.75) is 6.42 Å². The maximum absolute atomic E-state index is 5.78. The van der Waals surface area contributed by atoms with Gasteiger partial charge in [-0.1, -0.05) is 11.6 Å². The van der Waals surface area contributed by atoms with Crippen LogP contribution in [0.5, 0.6) is 0 Å². The lowest BCUT2D eigenvalue weighted by Gasteiger charge is -2.08. The summed E-state index contributed by atoms with van der Waals surface area (Å²) in [7, 11) is 0. The van der Waals surface area contributed by atoms with Crippen LogP contribution >= 0.6 is 22.9 Å². The van der Waals surface area contributed by atoms with Gasteiger partial charge in [-0.25, -0.2) is 0 Å². The van der Waals surface area contributed by atoms with E-state index in [1.165, 1.54) is 0 Å². The van der Waals surface area contributed by atoms with E-state index in [1.54, 1.807) is 11.3 Å². The molecule has 0 radical (unpaired) electrons. The molecule has 0 spiro atoms. The normalized spacial score (nSPS) is 16.3. The molecule has 1 aliphatic rings. The second kappa shape index (κ2) is 2.83. The van der Waals surface area contributed by atoms with Gasteiger partial charge in [0.25, 0.3) is 0 Å². The molecule has 2 heterocycles. The average molecular weight is 187 g/mol. The van der Waals surface area contributed by atoms with Gasteiger partial charge in [-0.2, -0.15) is 5.10 Å². The predicted molar refractivity (Wildman–Crippen MR) is 49.8 cm³/mol. The van der Waals surface area contributed by atoms with E-state index in [9.17, 15) is 0 Å². The summed E-state index contributed by atoms with van der Waals surface area (Å²) >= 11 is 7.34. The maximum atomic E-state index is 5.78. The van der Waals surface area contributed by atoms with Crippen molar-refractivity contribution in [2.75, 3.05) is 11.6 Å². The summed E-state index contributed by atoms with van der Waals surface area (Å²) in [5.74, 6) is 0. The van der Waals surface area contributed by atoms with Crippen LogP contribution in [0.1, 0.15) is 6.42 Å². The maximum Gasteiger partial charge on any atom is 0.113 e. The minimum absolute atomic E-state index is 0.821. The first-order valence-corrected chi connectivity index (χ1v) is 4.61. The Morgan fingerprint density at radius 3 is 3.00 bits per heavy atom. The van der Waals surface area contributed by atoms with Crippen LogP contribution in [0.2, 0.25) is 4.34 Å². The van der Waals surface area contributed by atoms with Crippen molar-refractivity contribution >= 4 is 34.2 Å². The first-order valence-electron chi connectivity index (χ1n) is 3.41. The number of rotatable bonds is 1. The molecule has 4 heteroatoms. The van der Waals surface area contributed by atoms with E-state index in [0.717, 1.165) is 22.3 Å². The summed E-state index contributed by atoms with van der Waals surface area (Å²) in [5, 5.41) is 7.28. The van der Waals surface area contributed by atoms with Crippen LogP contribution in [0.4, 0.5) is 5.00 Å². The highest BCUT2D eigenvalue weighted by atomic mass is 35.5. The molecule has 2 rings (SSSR count). The van der Waals surface area contributed by atoms with Gasteiger partial charge < -0.3 is 0 Å². The van der Waals surface area contributed by atoms with Crippen LogP contribution in [-0.2, 0) is 0 Å². The van der Waals surface area contributed by atoms with Crippen molar-refractivity contribution in [1.29, 1.82) is 0 Å². The fraction of sp³-hybridized carbons (Fsp3) is 0.286. The molecule has 0 N–H and O–H groups in total. The Labute approximate surface area is 74.1 Å². The molecule has 0 aliphatic carbocycles. The van der Waals surface area contributed by atoms with Crippen molar-refractivity contribution in [3.05, 3.63) is 16.5 Å². The van der Waals surface area contributed by atoms with E-state index in [2.05, 4.69) is 5.10 Å². The molecule has 2 nitrogen and oxygen atoms in total. The average Bonchev–Trinajstić information content (AvgIpc) is 2.55. The third-order valence-electron chi connectivity index (χ3n) is 1.50. The molecule has 0 aromatic carbocycles. The van der Waals surface area contributed by atoms with Gasteiger partial charge in [-0.05, 0) is 12.1 Å². The Morgan fingerprint density at radius 2 is 2.45 bits per heavy atom. The topological polar surface area (TPSA) is 15.6 Å². The van der Waals surface area contributed by atoms with Crippen molar-refractivity contribution in [3.63, 3.8) is 0 Å². The molecule has 11 heavy (non-hydrogen) atoms. The largest absolute Gasteiger partial charge is 0.255 e. The van der Waals surface area contributed by atoms with Gasteiger partial charge in [0.15, 0.2) is 0 Å². The molecular formula is C7H7ClN2S. The Morgan fingerprint density at radius 1 is 1.55 bits per heavy atom. The number of hydrogen-bond donors (Lipinski definition) is 0. The third-order valence-corrected chi connectivity index (χ3v) is 2.75. The fourth-order valence-electron chi connectivity index (χ4n) is 1.00. The number of anilines is 1. The smallest absolute Gasteiger partial charge is 0.113 e. The Kier molecular flexibility index (Phi) is 1.84. The molecular weight excluding hydrogens is 180 g/mol. The van der Waals surface area contributed by atoms with E-state index in [0.29, 0.717) is 0 Å². The summed E-state index contributed by atoms with van der Waals surface area (Å²) < 4.78 is 0.821. The zero-order valence-corrected chi connectivity index (χ0v) is 7.40. The Balaban J connectivity index is 2.22. The minimum atomic E-state index is 0.821. The molecule has 1 aliphatic heterocycles. The molecule has 1 aromatic rings. The summed E-state index contributed by atoms with van der Waals surface area (Å²) in [5.41, 5.74) is 0. The molecule has 0 saturated heterocycles. The van der Waals surface area contributed by atoms with E-state index in [-0.39, 0.29) is 0 Å². The quantitative estimate of drug-likeness (QED) is 0.659. The van der Waals surface area contributed by atoms with Crippen LogP contribution in [-0.4, -0.2) is 12.8 Å². The van der Waals surface area contributed by atoms with Crippen molar-refractivity contribution < 1.29 is 0 Å². The second-order valence-electron chi connectivity index (χ2n) is 2.29. The lowest BCUT2D eigenvalue weighted by atomic mass is 10.5. The van der Waals surface area contributed by atoms with Crippen molar-refractivity contribution in [1.82, 2.24) is 0 Å². The Bertz CT molecular complexity index is 282. The monoisotopic (exact) mass is 186 g/mol. The molecule has 0 amide bonds. The molecule has 0 bridgehead atoms. The summed E-state index contributed by atoms with van der Waals surface area (Å²) in [6.07, 6.45) is 2.96. The Hall–Kier alpha value is -0.540. The van der Waals surface area contributed by atoms with Gasteiger partial charge in [0.05, 0.1) is 4.34 Å². The highest BCUT2D eigenvalue weighted by Crippen LogP contribution is 2.30. The van der Waals surface area contributed by atoms with E-state index in [1.807, 2.05) is 23.4 Å². The van der Waals surface area contributed by atoms with Crippen molar-refractivity contribution in [2.24, 2.45) is 5.10 Å². The minimum Gasteiger partial charge on any atom is -0.255 e. The standard InChI is InChI=1S/C7H7ClN2S/c8-6-2-3-7(11-6)10-5-1-4-9-10/h2-4H,1,5H2. The van der Waals surface area contributed by atoms with Crippen LogP contribution in [0.3, 0.4) is 0 Å².